The summed E-state index contributed by atoms with van der Waals surface area (Å²) in [7, 11) is 0. The summed E-state index contributed by atoms with van der Waals surface area (Å²) in [6.07, 6.45) is 13.6. The average Bonchev–Trinajstić information content (AvgIpc) is 2.86. The van der Waals surface area contributed by atoms with Crippen molar-refractivity contribution in [2.45, 2.75) is 70.3 Å². The molecule has 0 atom stereocenters. The first kappa shape index (κ1) is 15.7. The molecule has 1 N–H and O–H groups in total. The maximum atomic E-state index is 9.38. The molecule has 0 aromatic heterocycles. The molecular weight excluding hydrogens is 254 g/mol. The van der Waals surface area contributed by atoms with Crippen LogP contribution in [0, 0.1) is 5.41 Å². The molecule has 0 unspecified atom stereocenters. The van der Waals surface area contributed by atoms with Gasteiger partial charge in [0.05, 0.1) is 6.61 Å². The second-order valence-electron chi connectivity index (χ2n) is 6.70. The lowest BCUT2D eigenvalue weighted by Gasteiger charge is -2.39. The molecule has 2 nitrogen and oxygen atoms in total. The fraction of sp³-hybridized carbons (Fsp3) is 1.00. The molecule has 0 aromatic carbocycles. The van der Waals surface area contributed by atoms with Crippen molar-refractivity contribution in [3.05, 3.63) is 0 Å². The van der Waals surface area contributed by atoms with Gasteiger partial charge < -0.3 is 5.11 Å². The zero-order chi connectivity index (χ0) is 13.6. The van der Waals surface area contributed by atoms with Crippen molar-refractivity contribution in [2.24, 2.45) is 5.41 Å². The van der Waals surface area contributed by atoms with E-state index in [1.807, 2.05) is 0 Å². The first-order valence-electron chi connectivity index (χ1n) is 8.25. The van der Waals surface area contributed by atoms with Crippen molar-refractivity contribution < 1.29 is 5.11 Å². The highest BCUT2D eigenvalue weighted by atomic mass is 32.1. The fourth-order valence-corrected chi connectivity index (χ4v) is 4.48. The number of nitrogens with zero attached hydrogens (tertiary/aromatic N) is 1. The van der Waals surface area contributed by atoms with Crippen LogP contribution < -0.4 is 0 Å². The Morgan fingerprint density at radius 2 is 1.63 bits per heavy atom. The summed E-state index contributed by atoms with van der Waals surface area (Å²) in [5, 5.41) is 9.38. The van der Waals surface area contributed by atoms with Crippen LogP contribution in [0.4, 0.5) is 0 Å². The summed E-state index contributed by atoms with van der Waals surface area (Å²) in [5.41, 5.74) is 0.414. The van der Waals surface area contributed by atoms with Crippen LogP contribution in [-0.2, 0) is 0 Å². The van der Waals surface area contributed by atoms with Gasteiger partial charge in [0.25, 0.3) is 0 Å². The standard InChI is InChI=1S/C16H31NOS/c18-12-11-17(15-7-3-4-8-15)13-16(14-19)9-5-1-2-6-10-16/h15,18-19H,1-14H2. The van der Waals surface area contributed by atoms with Gasteiger partial charge in [-0.15, -0.1) is 0 Å². The molecule has 0 radical (unpaired) electrons. The minimum Gasteiger partial charge on any atom is -0.395 e. The molecule has 2 saturated carbocycles. The predicted molar refractivity (Wildman–Crippen MR) is 84.9 cm³/mol. The smallest absolute Gasteiger partial charge is 0.0558 e. The van der Waals surface area contributed by atoms with Gasteiger partial charge in [0.15, 0.2) is 0 Å². The van der Waals surface area contributed by atoms with Gasteiger partial charge in [-0.1, -0.05) is 38.5 Å². The van der Waals surface area contributed by atoms with Gasteiger partial charge in [-0.2, -0.15) is 12.6 Å². The Hall–Kier alpha value is 0.270. The fourth-order valence-electron chi connectivity index (χ4n) is 4.06. The van der Waals surface area contributed by atoms with E-state index in [-0.39, 0.29) is 0 Å². The van der Waals surface area contributed by atoms with Crippen LogP contribution in [-0.4, -0.2) is 41.5 Å². The quantitative estimate of drug-likeness (QED) is 0.576. The second-order valence-corrected chi connectivity index (χ2v) is 7.02. The van der Waals surface area contributed by atoms with Crippen LogP contribution in [0.25, 0.3) is 0 Å². The number of hydrogen-bond acceptors (Lipinski definition) is 3. The van der Waals surface area contributed by atoms with E-state index in [4.69, 9.17) is 12.6 Å². The maximum absolute atomic E-state index is 9.38. The van der Waals surface area contributed by atoms with Gasteiger partial charge in [0, 0.05) is 19.1 Å². The molecule has 2 aliphatic rings. The van der Waals surface area contributed by atoms with Crippen molar-refractivity contribution >= 4 is 12.6 Å². The molecular formula is C16H31NOS. The molecule has 2 aliphatic carbocycles. The number of aliphatic hydroxyl groups excluding tert-OH is 1. The van der Waals surface area contributed by atoms with E-state index in [1.165, 1.54) is 70.8 Å². The maximum Gasteiger partial charge on any atom is 0.0558 e. The van der Waals surface area contributed by atoms with E-state index >= 15 is 0 Å². The van der Waals surface area contributed by atoms with Gasteiger partial charge in [-0.25, -0.2) is 0 Å². The van der Waals surface area contributed by atoms with E-state index < -0.39 is 0 Å². The molecule has 0 bridgehead atoms. The molecule has 112 valence electrons. The van der Waals surface area contributed by atoms with Gasteiger partial charge >= 0.3 is 0 Å². The van der Waals surface area contributed by atoms with Crippen molar-refractivity contribution in [1.82, 2.24) is 4.90 Å². The Labute approximate surface area is 124 Å². The molecule has 0 saturated heterocycles. The van der Waals surface area contributed by atoms with Crippen molar-refractivity contribution in [3.63, 3.8) is 0 Å². The van der Waals surface area contributed by atoms with Crippen LogP contribution in [0.1, 0.15) is 64.2 Å². The normalized spacial score (nSPS) is 24.8. The highest BCUT2D eigenvalue weighted by molar-refractivity contribution is 7.80. The molecule has 3 heteroatoms. The van der Waals surface area contributed by atoms with Crippen molar-refractivity contribution in [1.29, 1.82) is 0 Å². The third-order valence-electron chi connectivity index (χ3n) is 5.27. The van der Waals surface area contributed by atoms with Crippen LogP contribution in [0.3, 0.4) is 0 Å². The number of rotatable bonds is 6. The summed E-state index contributed by atoms with van der Waals surface area (Å²) in [5.74, 6) is 1.02. The number of hydrogen-bond donors (Lipinski definition) is 2. The molecule has 19 heavy (non-hydrogen) atoms. The Morgan fingerprint density at radius 1 is 1.00 bits per heavy atom. The Morgan fingerprint density at radius 3 is 2.16 bits per heavy atom. The molecule has 2 fully saturated rings. The highest BCUT2D eigenvalue weighted by Crippen LogP contribution is 2.38. The lowest BCUT2D eigenvalue weighted by atomic mass is 9.81. The molecule has 2 rings (SSSR count). The van der Waals surface area contributed by atoms with Gasteiger partial charge in [-0.3, -0.25) is 4.90 Å². The molecule has 0 spiro atoms. The third-order valence-corrected chi connectivity index (χ3v) is 5.94. The zero-order valence-corrected chi connectivity index (χ0v) is 13.2. The first-order chi connectivity index (χ1) is 9.29. The van der Waals surface area contributed by atoms with Crippen LogP contribution >= 0.6 is 12.6 Å². The van der Waals surface area contributed by atoms with E-state index in [1.54, 1.807) is 0 Å². The van der Waals surface area contributed by atoms with E-state index in [0.717, 1.165) is 18.3 Å². The summed E-state index contributed by atoms with van der Waals surface area (Å²) < 4.78 is 0. The topological polar surface area (TPSA) is 23.5 Å². The average molecular weight is 285 g/mol. The zero-order valence-electron chi connectivity index (χ0n) is 12.3. The summed E-state index contributed by atoms with van der Waals surface area (Å²) in [6, 6.07) is 0.729. The monoisotopic (exact) mass is 285 g/mol. The van der Waals surface area contributed by atoms with Gasteiger partial charge in [-0.05, 0) is 36.9 Å². The van der Waals surface area contributed by atoms with E-state index in [9.17, 15) is 5.11 Å². The van der Waals surface area contributed by atoms with Crippen molar-refractivity contribution in [3.8, 4) is 0 Å². The molecule has 0 aliphatic heterocycles. The summed E-state index contributed by atoms with van der Waals surface area (Å²) >= 11 is 4.69. The largest absolute Gasteiger partial charge is 0.395 e. The summed E-state index contributed by atoms with van der Waals surface area (Å²) in [6.45, 7) is 2.33. The second kappa shape index (κ2) is 7.90. The van der Waals surface area contributed by atoms with Crippen molar-refractivity contribution in [2.75, 3.05) is 25.4 Å². The predicted octanol–water partition coefficient (Wildman–Crippen LogP) is 3.49. The van der Waals surface area contributed by atoms with Gasteiger partial charge in [0.2, 0.25) is 0 Å². The van der Waals surface area contributed by atoms with Crippen LogP contribution in [0.2, 0.25) is 0 Å². The summed E-state index contributed by atoms with van der Waals surface area (Å²) in [4.78, 5) is 2.59. The lowest BCUT2D eigenvalue weighted by molar-refractivity contribution is 0.0902. The minimum absolute atomic E-state index is 0.305. The minimum atomic E-state index is 0.305. The first-order valence-corrected chi connectivity index (χ1v) is 8.89. The van der Waals surface area contributed by atoms with E-state index in [2.05, 4.69) is 4.90 Å². The molecule has 0 heterocycles. The van der Waals surface area contributed by atoms with Crippen LogP contribution in [0.5, 0.6) is 0 Å². The third kappa shape index (κ3) is 4.37. The number of aliphatic hydroxyl groups is 1. The Bertz CT molecular complexity index is 245. The molecule has 0 aromatic rings. The SMILES string of the molecule is OCCN(CC1(CS)CCCCCC1)C1CCCC1. The Kier molecular flexibility index (Phi) is 6.51. The van der Waals surface area contributed by atoms with E-state index in [0.29, 0.717) is 12.0 Å². The highest BCUT2D eigenvalue weighted by Gasteiger charge is 2.34. The lowest BCUT2D eigenvalue weighted by Crippen LogP contribution is -2.44. The number of thiol groups is 1. The Balaban J connectivity index is 1.99. The molecule has 0 amide bonds. The van der Waals surface area contributed by atoms with Gasteiger partial charge in [0.1, 0.15) is 0 Å². The van der Waals surface area contributed by atoms with Crippen LogP contribution in [0.15, 0.2) is 0 Å².